The van der Waals surface area contributed by atoms with E-state index in [2.05, 4.69) is 0 Å². The monoisotopic (exact) mass is 400 g/mol. The molecule has 3 aromatic carbocycles. The second-order valence-electron chi connectivity index (χ2n) is 6.90. The molecule has 2 heterocycles. The maximum absolute atomic E-state index is 6.38. The van der Waals surface area contributed by atoms with Crippen molar-refractivity contribution in [3.63, 3.8) is 0 Å². The van der Waals surface area contributed by atoms with Gasteiger partial charge >= 0.3 is 0 Å². The van der Waals surface area contributed by atoms with Crippen LogP contribution in [0.4, 0.5) is 5.82 Å². The van der Waals surface area contributed by atoms with Crippen LogP contribution in [0.15, 0.2) is 60.7 Å². The van der Waals surface area contributed by atoms with E-state index in [4.69, 9.17) is 29.7 Å². The van der Waals surface area contributed by atoms with Crippen molar-refractivity contribution >= 4 is 16.6 Å². The number of anilines is 1. The number of hydrogen-bond donors (Lipinski definition) is 1. The number of pyridine rings is 1. The standard InChI is InChI=1S/C24H20N2O4/c1-27-16-7-3-14(4-8-16)20-21-18(11-12-19-23(21)30-13-29-19)24(25)26-22(20)15-5-9-17(28-2)10-6-15/h3-12H,13H2,1-2H3,(H2,25,26). The van der Waals surface area contributed by atoms with Gasteiger partial charge in [-0.25, -0.2) is 4.98 Å². The third-order valence-corrected chi connectivity index (χ3v) is 5.28. The predicted octanol–water partition coefficient (Wildman–Crippen LogP) is 4.90. The van der Waals surface area contributed by atoms with Crippen LogP contribution < -0.4 is 24.7 Å². The van der Waals surface area contributed by atoms with Gasteiger partial charge in [0, 0.05) is 21.9 Å². The number of hydrogen-bond acceptors (Lipinski definition) is 6. The number of fused-ring (bicyclic) bond motifs is 3. The summed E-state index contributed by atoms with van der Waals surface area (Å²) < 4.78 is 22.1. The quantitative estimate of drug-likeness (QED) is 0.525. The lowest BCUT2D eigenvalue weighted by Crippen LogP contribution is -2.00. The molecule has 0 bridgehead atoms. The molecule has 0 amide bonds. The number of nitrogens with two attached hydrogens (primary N) is 1. The second-order valence-corrected chi connectivity index (χ2v) is 6.90. The fraction of sp³-hybridized carbons (Fsp3) is 0.125. The SMILES string of the molecule is COc1ccc(-c2nc(N)c3ccc4c(c3c2-c2ccc(OC)cc2)OCO4)cc1. The fourth-order valence-electron chi connectivity index (χ4n) is 3.79. The van der Waals surface area contributed by atoms with E-state index in [-0.39, 0.29) is 6.79 Å². The van der Waals surface area contributed by atoms with E-state index < -0.39 is 0 Å². The summed E-state index contributed by atoms with van der Waals surface area (Å²) in [4.78, 5) is 4.78. The van der Waals surface area contributed by atoms with Gasteiger partial charge in [0.1, 0.15) is 17.3 Å². The largest absolute Gasteiger partial charge is 0.497 e. The summed E-state index contributed by atoms with van der Waals surface area (Å²) in [7, 11) is 3.29. The Labute approximate surface area is 173 Å². The van der Waals surface area contributed by atoms with Crippen molar-refractivity contribution in [1.82, 2.24) is 4.98 Å². The summed E-state index contributed by atoms with van der Waals surface area (Å²) in [6.07, 6.45) is 0. The third-order valence-electron chi connectivity index (χ3n) is 5.28. The van der Waals surface area contributed by atoms with Crippen molar-refractivity contribution < 1.29 is 18.9 Å². The van der Waals surface area contributed by atoms with Gasteiger partial charge in [0.25, 0.3) is 0 Å². The summed E-state index contributed by atoms with van der Waals surface area (Å²) in [5, 5.41) is 1.70. The van der Waals surface area contributed by atoms with E-state index in [0.717, 1.165) is 44.7 Å². The highest BCUT2D eigenvalue weighted by Gasteiger charge is 2.24. The smallest absolute Gasteiger partial charge is 0.231 e. The molecular formula is C24H20N2O4. The lowest BCUT2D eigenvalue weighted by Gasteiger charge is -2.17. The molecule has 0 unspecified atom stereocenters. The Morgan fingerprint density at radius 2 is 1.43 bits per heavy atom. The first-order chi connectivity index (χ1) is 14.7. The topological polar surface area (TPSA) is 75.8 Å². The van der Waals surface area contributed by atoms with Gasteiger partial charge in [-0.2, -0.15) is 0 Å². The molecule has 1 aromatic heterocycles. The van der Waals surface area contributed by atoms with Crippen LogP contribution >= 0.6 is 0 Å². The first kappa shape index (κ1) is 18.1. The number of aromatic nitrogens is 1. The van der Waals surface area contributed by atoms with E-state index in [1.807, 2.05) is 60.7 Å². The Balaban J connectivity index is 1.86. The normalized spacial score (nSPS) is 12.2. The molecule has 4 aromatic rings. The molecule has 6 heteroatoms. The molecule has 2 N–H and O–H groups in total. The van der Waals surface area contributed by atoms with Gasteiger partial charge in [-0.3, -0.25) is 0 Å². The van der Waals surface area contributed by atoms with Crippen LogP contribution in [-0.2, 0) is 0 Å². The van der Waals surface area contributed by atoms with E-state index >= 15 is 0 Å². The van der Waals surface area contributed by atoms with Crippen molar-refractivity contribution in [3.05, 3.63) is 60.7 Å². The maximum Gasteiger partial charge on any atom is 0.231 e. The molecule has 1 aliphatic rings. The third kappa shape index (κ3) is 2.85. The van der Waals surface area contributed by atoms with Crippen molar-refractivity contribution in [2.24, 2.45) is 0 Å². The lowest BCUT2D eigenvalue weighted by molar-refractivity contribution is 0.175. The predicted molar refractivity (Wildman–Crippen MR) is 116 cm³/mol. The molecule has 0 aliphatic carbocycles. The number of rotatable bonds is 4. The van der Waals surface area contributed by atoms with Crippen LogP contribution in [-0.4, -0.2) is 26.0 Å². The maximum atomic E-state index is 6.38. The van der Waals surface area contributed by atoms with E-state index in [1.165, 1.54) is 0 Å². The van der Waals surface area contributed by atoms with Crippen LogP contribution in [0.5, 0.6) is 23.0 Å². The molecule has 0 spiro atoms. The van der Waals surface area contributed by atoms with Crippen LogP contribution in [0.3, 0.4) is 0 Å². The number of ether oxygens (including phenoxy) is 4. The summed E-state index contributed by atoms with van der Waals surface area (Å²) >= 11 is 0. The van der Waals surface area contributed by atoms with Crippen LogP contribution in [0.25, 0.3) is 33.2 Å². The summed E-state index contributed by atoms with van der Waals surface area (Å²) in [6.45, 7) is 0.177. The van der Waals surface area contributed by atoms with Gasteiger partial charge in [-0.1, -0.05) is 12.1 Å². The molecular weight excluding hydrogens is 380 g/mol. The molecule has 0 saturated heterocycles. The van der Waals surface area contributed by atoms with E-state index in [0.29, 0.717) is 17.3 Å². The Morgan fingerprint density at radius 1 is 0.800 bits per heavy atom. The number of nitrogens with zero attached hydrogens (tertiary/aromatic N) is 1. The summed E-state index contributed by atoms with van der Waals surface area (Å²) in [6, 6.07) is 19.4. The Hall–Kier alpha value is -3.93. The minimum absolute atomic E-state index is 0.177. The van der Waals surface area contributed by atoms with Crippen molar-refractivity contribution in [2.45, 2.75) is 0 Å². The highest BCUT2D eigenvalue weighted by Crippen LogP contribution is 2.48. The highest BCUT2D eigenvalue weighted by atomic mass is 16.7. The molecule has 150 valence electrons. The number of nitrogen functional groups attached to an aromatic ring is 1. The average molecular weight is 400 g/mol. The zero-order valence-electron chi connectivity index (χ0n) is 16.6. The molecule has 6 nitrogen and oxygen atoms in total. The molecule has 0 radical (unpaired) electrons. The number of benzene rings is 3. The fourth-order valence-corrected chi connectivity index (χ4v) is 3.79. The molecule has 0 saturated carbocycles. The van der Waals surface area contributed by atoms with Crippen LogP contribution in [0, 0.1) is 0 Å². The van der Waals surface area contributed by atoms with Crippen LogP contribution in [0.1, 0.15) is 0 Å². The molecule has 5 rings (SSSR count). The molecule has 0 atom stereocenters. The highest BCUT2D eigenvalue weighted by molar-refractivity contribution is 6.11. The first-order valence-electron chi connectivity index (χ1n) is 9.50. The second kappa shape index (κ2) is 7.15. The van der Waals surface area contributed by atoms with E-state index in [9.17, 15) is 0 Å². The molecule has 0 fully saturated rings. The Morgan fingerprint density at radius 3 is 2.07 bits per heavy atom. The average Bonchev–Trinajstić information content (AvgIpc) is 3.28. The number of methoxy groups -OCH3 is 2. The van der Waals surface area contributed by atoms with Crippen LogP contribution in [0.2, 0.25) is 0 Å². The van der Waals surface area contributed by atoms with Gasteiger partial charge in [0.2, 0.25) is 6.79 Å². The van der Waals surface area contributed by atoms with Crippen molar-refractivity contribution in [3.8, 4) is 45.4 Å². The van der Waals surface area contributed by atoms with E-state index in [1.54, 1.807) is 14.2 Å². The van der Waals surface area contributed by atoms with Gasteiger partial charge < -0.3 is 24.7 Å². The van der Waals surface area contributed by atoms with Gasteiger partial charge in [0.15, 0.2) is 11.5 Å². The zero-order valence-corrected chi connectivity index (χ0v) is 16.6. The minimum Gasteiger partial charge on any atom is -0.497 e. The van der Waals surface area contributed by atoms with Gasteiger partial charge in [0.05, 0.1) is 19.9 Å². The molecule has 30 heavy (non-hydrogen) atoms. The Kier molecular flexibility index (Phi) is 4.32. The lowest BCUT2D eigenvalue weighted by atomic mass is 9.93. The van der Waals surface area contributed by atoms with Crippen molar-refractivity contribution in [1.29, 1.82) is 0 Å². The molecule has 1 aliphatic heterocycles. The Bertz CT molecular complexity index is 1240. The van der Waals surface area contributed by atoms with Gasteiger partial charge in [-0.05, 0) is 54.1 Å². The minimum atomic E-state index is 0.177. The van der Waals surface area contributed by atoms with Crippen molar-refractivity contribution in [2.75, 3.05) is 26.7 Å². The summed E-state index contributed by atoms with van der Waals surface area (Å²) in [5.74, 6) is 3.37. The zero-order chi connectivity index (χ0) is 20.7. The summed E-state index contributed by atoms with van der Waals surface area (Å²) in [5.41, 5.74) is 9.97. The van der Waals surface area contributed by atoms with Gasteiger partial charge in [-0.15, -0.1) is 0 Å². The first-order valence-corrected chi connectivity index (χ1v) is 9.50.